The molecule has 2 aromatic heterocycles. The Morgan fingerprint density at radius 2 is 2.50 bits per heavy atom. The highest BCUT2D eigenvalue weighted by molar-refractivity contribution is 7.12. The topological polar surface area (TPSA) is 51.8 Å². The van der Waals surface area contributed by atoms with Gasteiger partial charge >= 0.3 is 0 Å². The van der Waals surface area contributed by atoms with Gasteiger partial charge in [0.25, 0.3) is 5.89 Å². The quantitative estimate of drug-likeness (QED) is 0.617. The SMILES string of the molecule is c1csc(-c2nnco2)n1. The minimum Gasteiger partial charge on any atom is -0.422 e. The van der Waals surface area contributed by atoms with Crippen LogP contribution in [0.4, 0.5) is 0 Å². The molecule has 50 valence electrons. The zero-order valence-corrected chi connectivity index (χ0v) is 5.71. The lowest BCUT2D eigenvalue weighted by Gasteiger charge is -1.79. The van der Waals surface area contributed by atoms with Gasteiger partial charge < -0.3 is 4.42 Å². The molecule has 0 radical (unpaired) electrons. The average molecular weight is 153 g/mol. The summed E-state index contributed by atoms with van der Waals surface area (Å²) in [7, 11) is 0. The van der Waals surface area contributed by atoms with Gasteiger partial charge in [-0.1, -0.05) is 0 Å². The van der Waals surface area contributed by atoms with Crippen LogP contribution in [-0.2, 0) is 0 Å². The van der Waals surface area contributed by atoms with Gasteiger partial charge in [-0.3, -0.25) is 0 Å². The molecule has 2 aromatic rings. The Bertz CT molecular complexity index is 256. The largest absolute Gasteiger partial charge is 0.422 e. The van der Waals surface area contributed by atoms with E-state index in [4.69, 9.17) is 4.42 Å². The predicted octanol–water partition coefficient (Wildman–Crippen LogP) is 1.19. The molecule has 10 heavy (non-hydrogen) atoms. The first kappa shape index (κ1) is 5.55. The Hall–Kier alpha value is -1.23. The lowest BCUT2D eigenvalue weighted by atomic mass is 10.7. The molecule has 0 bridgehead atoms. The summed E-state index contributed by atoms with van der Waals surface area (Å²) in [5.41, 5.74) is 0. The fourth-order valence-electron chi connectivity index (χ4n) is 0.595. The molecule has 0 fully saturated rings. The molecule has 2 heterocycles. The molecule has 0 N–H and O–H groups in total. The van der Waals surface area contributed by atoms with Crippen LogP contribution in [0.2, 0.25) is 0 Å². The van der Waals surface area contributed by atoms with Crippen molar-refractivity contribution in [1.29, 1.82) is 0 Å². The first-order valence-corrected chi connectivity index (χ1v) is 3.51. The van der Waals surface area contributed by atoms with Gasteiger partial charge in [-0.2, -0.15) is 0 Å². The Morgan fingerprint density at radius 1 is 1.50 bits per heavy atom. The van der Waals surface area contributed by atoms with E-state index in [-0.39, 0.29) is 0 Å². The standard InChI is InChI=1S/C5H3N3OS/c1-2-10-5(6-1)4-8-7-3-9-4/h1-3H. The Morgan fingerprint density at radius 3 is 3.10 bits per heavy atom. The minimum atomic E-state index is 0.481. The molecule has 0 amide bonds. The van der Waals surface area contributed by atoms with Crippen LogP contribution < -0.4 is 0 Å². The molecule has 0 aliphatic carbocycles. The highest BCUT2D eigenvalue weighted by Gasteiger charge is 2.03. The van der Waals surface area contributed by atoms with Crippen molar-refractivity contribution in [3.8, 4) is 10.9 Å². The minimum absolute atomic E-state index is 0.481. The van der Waals surface area contributed by atoms with Gasteiger partial charge in [0.2, 0.25) is 6.39 Å². The second-order valence-corrected chi connectivity index (χ2v) is 2.48. The first-order chi connectivity index (χ1) is 4.97. The van der Waals surface area contributed by atoms with Crippen molar-refractivity contribution < 1.29 is 4.42 Å². The van der Waals surface area contributed by atoms with Crippen molar-refractivity contribution in [2.45, 2.75) is 0 Å². The zero-order chi connectivity index (χ0) is 6.81. The predicted molar refractivity (Wildman–Crippen MR) is 35.4 cm³/mol. The second kappa shape index (κ2) is 2.18. The summed E-state index contributed by atoms with van der Waals surface area (Å²) in [5, 5.41) is 9.84. The lowest BCUT2D eigenvalue weighted by Crippen LogP contribution is -1.73. The van der Waals surface area contributed by atoms with Crippen LogP contribution in [0.1, 0.15) is 0 Å². The smallest absolute Gasteiger partial charge is 0.276 e. The summed E-state index contributed by atoms with van der Waals surface area (Å²) in [6, 6.07) is 0. The van der Waals surface area contributed by atoms with Gasteiger partial charge in [0.1, 0.15) is 0 Å². The third-order valence-corrected chi connectivity index (χ3v) is 1.74. The molecule has 0 aliphatic rings. The molecule has 0 unspecified atom stereocenters. The van der Waals surface area contributed by atoms with E-state index in [1.807, 2.05) is 5.38 Å². The summed E-state index contributed by atoms with van der Waals surface area (Å²) >= 11 is 1.47. The van der Waals surface area contributed by atoms with Crippen molar-refractivity contribution in [1.82, 2.24) is 15.2 Å². The molecule has 2 rings (SSSR count). The highest BCUT2D eigenvalue weighted by atomic mass is 32.1. The van der Waals surface area contributed by atoms with Crippen molar-refractivity contribution in [3.05, 3.63) is 18.0 Å². The molecule has 0 saturated heterocycles. The molecular formula is C5H3N3OS. The molecular weight excluding hydrogens is 150 g/mol. The van der Waals surface area contributed by atoms with E-state index in [0.717, 1.165) is 5.01 Å². The van der Waals surface area contributed by atoms with Crippen LogP contribution in [0.5, 0.6) is 0 Å². The lowest BCUT2D eigenvalue weighted by molar-refractivity contribution is 0.568. The summed E-state index contributed by atoms with van der Waals surface area (Å²) < 4.78 is 4.90. The van der Waals surface area contributed by atoms with Crippen molar-refractivity contribution >= 4 is 11.3 Å². The van der Waals surface area contributed by atoms with Crippen LogP contribution in [0.15, 0.2) is 22.4 Å². The van der Waals surface area contributed by atoms with E-state index in [9.17, 15) is 0 Å². The van der Waals surface area contributed by atoms with Crippen LogP contribution in [0.25, 0.3) is 10.9 Å². The highest BCUT2D eigenvalue weighted by Crippen LogP contribution is 2.17. The summed E-state index contributed by atoms with van der Waals surface area (Å²) in [5.74, 6) is 0.481. The molecule has 4 nitrogen and oxygen atoms in total. The third kappa shape index (κ3) is 0.801. The van der Waals surface area contributed by atoms with Crippen LogP contribution in [-0.4, -0.2) is 15.2 Å². The molecule has 0 aliphatic heterocycles. The number of hydrogen-bond donors (Lipinski definition) is 0. The fraction of sp³-hybridized carbons (Fsp3) is 0. The van der Waals surface area contributed by atoms with Gasteiger partial charge in [0.15, 0.2) is 5.01 Å². The summed E-state index contributed by atoms with van der Waals surface area (Å²) in [4.78, 5) is 3.98. The maximum atomic E-state index is 4.90. The normalized spacial score (nSPS) is 10.0. The maximum Gasteiger partial charge on any atom is 0.276 e. The average Bonchev–Trinajstić information content (AvgIpc) is 2.59. The van der Waals surface area contributed by atoms with E-state index < -0.39 is 0 Å². The van der Waals surface area contributed by atoms with E-state index in [1.165, 1.54) is 17.7 Å². The summed E-state index contributed by atoms with van der Waals surface area (Å²) in [6.07, 6.45) is 2.99. The maximum absolute atomic E-state index is 4.90. The first-order valence-electron chi connectivity index (χ1n) is 2.63. The Labute approximate surface area is 60.6 Å². The number of hydrogen-bond acceptors (Lipinski definition) is 5. The molecule has 5 heteroatoms. The van der Waals surface area contributed by atoms with E-state index in [2.05, 4.69) is 15.2 Å². The molecule has 0 saturated carbocycles. The Balaban J connectivity index is 2.48. The van der Waals surface area contributed by atoms with Gasteiger partial charge in [0, 0.05) is 11.6 Å². The zero-order valence-electron chi connectivity index (χ0n) is 4.89. The van der Waals surface area contributed by atoms with Gasteiger partial charge in [0.05, 0.1) is 0 Å². The van der Waals surface area contributed by atoms with E-state index in [1.54, 1.807) is 6.20 Å². The second-order valence-electron chi connectivity index (χ2n) is 1.58. The summed E-state index contributed by atoms with van der Waals surface area (Å²) in [6.45, 7) is 0. The van der Waals surface area contributed by atoms with Crippen molar-refractivity contribution in [2.75, 3.05) is 0 Å². The van der Waals surface area contributed by atoms with Crippen molar-refractivity contribution in [2.24, 2.45) is 0 Å². The van der Waals surface area contributed by atoms with Gasteiger partial charge in [-0.25, -0.2) is 4.98 Å². The van der Waals surface area contributed by atoms with Crippen LogP contribution in [0, 0.1) is 0 Å². The van der Waals surface area contributed by atoms with Crippen molar-refractivity contribution in [3.63, 3.8) is 0 Å². The fourth-order valence-corrected chi connectivity index (χ4v) is 1.16. The van der Waals surface area contributed by atoms with Crippen LogP contribution in [0.3, 0.4) is 0 Å². The monoisotopic (exact) mass is 153 g/mol. The van der Waals surface area contributed by atoms with Gasteiger partial charge in [-0.05, 0) is 0 Å². The molecule has 0 atom stereocenters. The van der Waals surface area contributed by atoms with Gasteiger partial charge in [-0.15, -0.1) is 21.5 Å². The van der Waals surface area contributed by atoms with E-state index in [0.29, 0.717) is 5.89 Å². The number of thiazole rings is 1. The molecule has 0 aromatic carbocycles. The number of aromatic nitrogens is 3. The molecule has 0 spiro atoms. The third-order valence-electron chi connectivity index (χ3n) is 0.975. The Kier molecular flexibility index (Phi) is 1.21. The number of nitrogens with zero attached hydrogens (tertiary/aromatic N) is 3. The number of rotatable bonds is 1. The van der Waals surface area contributed by atoms with Crippen LogP contribution >= 0.6 is 11.3 Å². The van der Waals surface area contributed by atoms with E-state index >= 15 is 0 Å².